The number of benzene rings is 2. The van der Waals surface area contributed by atoms with E-state index in [9.17, 15) is 5.11 Å². The maximum Gasteiger partial charge on any atom is 0.211 e. The van der Waals surface area contributed by atoms with Crippen molar-refractivity contribution in [2.45, 2.75) is 0 Å². The van der Waals surface area contributed by atoms with Gasteiger partial charge in [-0.05, 0) is 28.3 Å². The summed E-state index contributed by atoms with van der Waals surface area (Å²) in [5.74, 6) is 0.0674. The summed E-state index contributed by atoms with van der Waals surface area (Å²) in [6.07, 6.45) is 1.69. The van der Waals surface area contributed by atoms with Crippen molar-refractivity contribution in [3.63, 3.8) is 0 Å². The second-order valence-electron chi connectivity index (χ2n) is 3.59. The molecule has 0 aliphatic heterocycles. The van der Waals surface area contributed by atoms with Gasteiger partial charge in [0, 0.05) is 17.6 Å². The van der Waals surface area contributed by atoms with Gasteiger partial charge in [-0.25, -0.2) is 4.98 Å². The van der Waals surface area contributed by atoms with Gasteiger partial charge < -0.3 is 5.11 Å². The second-order valence-corrected chi connectivity index (χ2v) is 3.59. The van der Waals surface area contributed by atoms with Gasteiger partial charge in [0.25, 0.3) is 0 Å². The average Bonchev–Trinajstić information content (AvgIpc) is 2.26. The molecule has 1 N–H and O–H groups in total. The summed E-state index contributed by atoms with van der Waals surface area (Å²) in [7, 11) is 0. The highest BCUT2D eigenvalue weighted by Crippen LogP contribution is 2.23. The van der Waals surface area contributed by atoms with E-state index in [4.69, 9.17) is 0 Å². The standard InChI is InChI=1S/C13H9NO/c15-13-7-11-5-9-3-1-2-4-10(9)6-12(11)8-14-13/h1-8H,(H,14,15). The fourth-order valence-electron chi connectivity index (χ4n) is 1.82. The summed E-state index contributed by atoms with van der Waals surface area (Å²) in [6, 6.07) is 14.0. The van der Waals surface area contributed by atoms with E-state index in [0.717, 1.165) is 10.8 Å². The van der Waals surface area contributed by atoms with Crippen molar-refractivity contribution in [1.82, 2.24) is 4.98 Å². The number of pyridine rings is 1. The van der Waals surface area contributed by atoms with E-state index in [-0.39, 0.29) is 5.88 Å². The molecule has 0 saturated heterocycles. The molecule has 0 fully saturated rings. The number of aromatic nitrogens is 1. The van der Waals surface area contributed by atoms with Gasteiger partial charge in [-0.2, -0.15) is 0 Å². The minimum absolute atomic E-state index is 0.0674. The van der Waals surface area contributed by atoms with Gasteiger partial charge in [0.05, 0.1) is 0 Å². The SMILES string of the molecule is Oc1cc2cc3ccccc3cc2cn1. The van der Waals surface area contributed by atoms with Gasteiger partial charge >= 0.3 is 0 Å². The van der Waals surface area contributed by atoms with Crippen molar-refractivity contribution in [3.8, 4) is 5.88 Å². The van der Waals surface area contributed by atoms with Crippen LogP contribution in [0.2, 0.25) is 0 Å². The summed E-state index contributed by atoms with van der Waals surface area (Å²) in [6.45, 7) is 0. The van der Waals surface area contributed by atoms with Crippen LogP contribution in [-0.2, 0) is 0 Å². The predicted molar refractivity (Wildman–Crippen MR) is 60.9 cm³/mol. The number of fused-ring (bicyclic) bond motifs is 2. The summed E-state index contributed by atoms with van der Waals surface area (Å²) in [4.78, 5) is 3.87. The van der Waals surface area contributed by atoms with Crippen molar-refractivity contribution >= 4 is 21.5 Å². The van der Waals surface area contributed by atoms with Crippen LogP contribution in [0.4, 0.5) is 0 Å². The van der Waals surface area contributed by atoms with Crippen LogP contribution in [0, 0.1) is 0 Å². The number of hydrogen-bond donors (Lipinski definition) is 1. The Labute approximate surface area is 86.8 Å². The second kappa shape index (κ2) is 2.95. The molecule has 0 aliphatic rings. The molecule has 2 heteroatoms. The molecule has 3 aromatic rings. The third-order valence-corrected chi connectivity index (χ3v) is 2.57. The van der Waals surface area contributed by atoms with Crippen molar-refractivity contribution in [3.05, 3.63) is 48.7 Å². The molecule has 15 heavy (non-hydrogen) atoms. The summed E-state index contributed by atoms with van der Waals surface area (Å²) < 4.78 is 0. The van der Waals surface area contributed by atoms with E-state index < -0.39 is 0 Å². The van der Waals surface area contributed by atoms with Gasteiger partial charge in [-0.3, -0.25) is 0 Å². The minimum Gasteiger partial charge on any atom is -0.493 e. The molecule has 72 valence electrons. The molecule has 0 amide bonds. The molecular weight excluding hydrogens is 186 g/mol. The van der Waals surface area contributed by atoms with Gasteiger partial charge in [0.1, 0.15) is 0 Å². The summed E-state index contributed by atoms with van der Waals surface area (Å²) in [5, 5.41) is 13.7. The third kappa shape index (κ3) is 1.31. The Morgan fingerprint density at radius 3 is 2.20 bits per heavy atom. The predicted octanol–water partition coefficient (Wildman–Crippen LogP) is 3.09. The zero-order valence-electron chi connectivity index (χ0n) is 8.01. The zero-order valence-corrected chi connectivity index (χ0v) is 8.01. The summed E-state index contributed by atoms with van der Waals surface area (Å²) >= 11 is 0. The Morgan fingerprint density at radius 1 is 0.800 bits per heavy atom. The number of aromatic hydroxyl groups is 1. The van der Waals surface area contributed by atoms with E-state index >= 15 is 0 Å². The Morgan fingerprint density at radius 2 is 1.47 bits per heavy atom. The molecule has 0 spiro atoms. The normalized spacial score (nSPS) is 10.9. The largest absolute Gasteiger partial charge is 0.493 e. The maximum absolute atomic E-state index is 9.29. The fourth-order valence-corrected chi connectivity index (χ4v) is 1.82. The van der Waals surface area contributed by atoms with Gasteiger partial charge in [0.2, 0.25) is 5.88 Å². The van der Waals surface area contributed by atoms with Crippen molar-refractivity contribution < 1.29 is 5.11 Å². The van der Waals surface area contributed by atoms with Crippen LogP contribution in [0.3, 0.4) is 0 Å². The number of hydrogen-bond acceptors (Lipinski definition) is 2. The van der Waals surface area contributed by atoms with Crippen molar-refractivity contribution in [2.75, 3.05) is 0 Å². The molecule has 1 heterocycles. The Balaban J connectivity index is 2.47. The van der Waals surface area contributed by atoms with Crippen molar-refractivity contribution in [2.24, 2.45) is 0 Å². The molecule has 0 aliphatic carbocycles. The highest BCUT2D eigenvalue weighted by atomic mass is 16.3. The molecular formula is C13H9NO. The van der Waals surface area contributed by atoms with E-state index in [1.165, 1.54) is 10.8 Å². The molecule has 3 rings (SSSR count). The molecule has 0 bridgehead atoms. The van der Waals surface area contributed by atoms with E-state index in [1.54, 1.807) is 12.3 Å². The lowest BCUT2D eigenvalue weighted by Gasteiger charge is -2.01. The van der Waals surface area contributed by atoms with Gasteiger partial charge in [0.15, 0.2) is 0 Å². The maximum atomic E-state index is 9.29. The first-order valence-electron chi connectivity index (χ1n) is 4.80. The monoisotopic (exact) mass is 195 g/mol. The first kappa shape index (κ1) is 8.24. The summed E-state index contributed by atoms with van der Waals surface area (Å²) in [5.41, 5.74) is 0. The van der Waals surface area contributed by atoms with E-state index in [0.29, 0.717) is 0 Å². The fraction of sp³-hybridized carbons (Fsp3) is 0. The van der Waals surface area contributed by atoms with Crippen LogP contribution >= 0.6 is 0 Å². The first-order valence-corrected chi connectivity index (χ1v) is 4.80. The average molecular weight is 195 g/mol. The number of nitrogens with zero attached hydrogens (tertiary/aromatic N) is 1. The molecule has 0 radical (unpaired) electrons. The topological polar surface area (TPSA) is 33.1 Å². The lowest BCUT2D eigenvalue weighted by molar-refractivity contribution is 0.454. The van der Waals surface area contributed by atoms with Gasteiger partial charge in [-0.15, -0.1) is 0 Å². The minimum atomic E-state index is 0.0674. The quantitative estimate of drug-likeness (QED) is 0.559. The molecule has 1 aromatic heterocycles. The smallest absolute Gasteiger partial charge is 0.211 e. The molecule has 2 aromatic carbocycles. The molecule has 0 saturated carbocycles. The Hall–Kier alpha value is -2.09. The van der Waals surface area contributed by atoms with E-state index in [1.807, 2.05) is 12.1 Å². The van der Waals surface area contributed by atoms with Crippen LogP contribution in [-0.4, -0.2) is 10.1 Å². The molecule has 0 atom stereocenters. The lowest BCUT2D eigenvalue weighted by atomic mass is 10.1. The van der Waals surface area contributed by atoms with Crippen LogP contribution in [0.5, 0.6) is 5.88 Å². The van der Waals surface area contributed by atoms with E-state index in [2.05, 4.69) is 29.2 Å². The van der Waals surface area contributed by atoms with Crippen LogP contribution in [0.25, 0.3) is 21.5 Å². The molecule has 2 nitrogen and oxygen atoms in total. The highest BCUT2D eigenvalue weighted by Gasteiger charge is 1.98. The lowest BCUT2D eigenvalue weighted by Crippen LogP contribution is -1.78. The van der Waals surface area contributed by atoms with Crippen LogP contribution in [0.1, 0.15) is 0 Å². The Bertz CT molecular complexity index is 646. The van der Waals surface area contributed by atoms with Crippen LogP contribution < -0.4 is 0 Å². The van der Waals surface area contributed by atoms with Gasteiger partial charge in [-0.1, -0.05) is 24.3 Å². The zero-order chi connectivity index (χ0) is 10.3. The first-order chi connectivity index (χ1) is 7.33. The number of rotatable bonds is 0. The van der Waals surface area contributed by atoms with Crippen molar-refractivity contribution in [1.29, 1.82) is 0 Å². The van der Waals surface area contributed by atoms with Crippen LogP contribution in [0.15, 0.2) is 48.7 Å². The molecule has 0 unspecified atom stereocenters. The highest BCUT2D eigenvalue weighted by molar-refractivity contribution is 5.98. The Kier molecular flexibility index (Phi) is 1.62. The third-order valence-electron chi connectivity index (χ3n) is 2.57.